The third kappa shape index (κ3) is 4.46. The number of hydrogen-bond donors (Lipinski definition) is 1. The van der Waals surface area contributed by atoms with Crippen molar-refractivity contribution in [2.75, 3.05) is 25.5 Å². The fourth-order valence-corrected chi connectivity index (χ4v) is 3.44. The molecular weight excluding hydrogens is 364 g/mol. The van der Waals surface area contributed by atoms with Gasteiger partial charge in [-0.3, -0.25) is 0 Å². The largest absolute Gasteiger partial charge is 0.380 e. The molecule has 1 aliphatic heterocycles. The molecule has 5 nitrogen and oxygen atoms in total. The number of nitrogens with one attached hydrogen (secondary N) is 1. The second kappa shape index (κ2) is 8.81. The van der Waals surface area contributed by atoms with Gasteiger partial charge in [0.2, 0.25) is 0 Å². The van der Waals surface area contributed by atoms with Gasteiger partial charge < -0.3 is 15.0 Å². The Morgan fingerprint density at radius 3 is 2.82 bits per heavy atom. The van der Waals surface area contributed by atoms with Crippen LogP contribution in [-0.2, 0) is 11.3 Å². The summed E-state index contributed by atoms with van der Waals surface area (Å²) >= 11 is 0. The summed E-state index contributed by atoms with van der Waals surface area (Å²) in [4.78, 5) is 14.3. The fraction of sp³-hybridized carbons (Fsp3) is 0.333. The Labute approximate surface area is 162 Å². The van der Waals surface area contributed by atoms with Crippen molar-refractivity contribution in [2.45, 2.75) is 25.4 Å². The minimum absolute atomic E-state index is 0.0478. The first-order chi connectivity index (χ1) is 13.5. The summed E-state index contributed by atoms with van der Waals surface area (Å²) in [5.74, 6) is -1.80. The predicted octanol–water partition coefficient (Wildman–Crippen LogP) is 4.39. The minimum atomic E-state index is -0.876. The molecule has 1 aliphatic rings. The lowest BCUT2D eigenvalue weighted by molar-refractivity contribution is 0.184. The Hall–Kier alpha value is -2.98. The highest BCUT2D eigenvalue weighted by Crippen LogP contribution is 2.28. The zero-order chi connectivity index (χ0) is 20.1. The van der Waals surface area contributed by atoms with E-state index in [1.165, 1.54) is 6.07 Å². The van der Waals surface area contributed by atoms with Gasteiger partial charge in [-0.05, 0) is 48.2 Å². The number of ether oxygens (including phenoxy) is 1. The van der Waals surface area contributed by atoms with Crippen LogP contribution in [0, 0.1) is 23.0 Å². The van der Waals surface area contributed by atoms with Gasteiger partial charge in [0.1, 0.15) is 0 Å². The topological polar surface area (TPSA) is 65.4 Å². The molecule has 28 heavy (non-hydrogen) atoms. The van der Waals surface area contributed by atoms with E-state index in [9.17, 15) is 18.8 Å². The number of urea groups is 1. The summed E-state index contributed by atoms with van der Waals surface area (Å²) in [5.41, 5.74) is 2.40. The Morgan fingerprint density at radius 2 is 2.11 bits per heavy atom. The van der Waals surface area contributed by atoms with E-state index in [0.717, 1.165) is 24.5 Å². The summed E-state index contributed by atoms with van der Waals surface area (Å²) in [5, 5.41) is 12.1. The van der Waals surface area contributed by atoms with Gasteiger partial charge in [-0.1, -0.05) is 12.1 Å². The first-order valence-corrected chi connectivity index (χ1v) is 9.04. The molecule has 1 atom stereocenters. The normalized spacial score (nSPS) is 16.5. The number of carbonyl (C=O) groups is 1. The molecule has 0 aliphatic carbocycles. The van der Waals surface area contributed by atoms with Crippen molar-refractivity contribution in [1.29, 1.82) is 5.26 Å². The third-order valence-corrected chi connectivity index (χ3v) is 4.91. The Morgan fingerprint density at radius 1 is 1.29 bits per heavy atom. The van der Waals surface area contributed by atoms with E-state index in [1.54, 1.807) is 36.3 Å². The SMILES string of the molecule is COCc1ccc(NC(=O)N2CCCC(c3ccc(F)c(F)c3)C2)cc1C#N. The van der Waals surface area contributed by atoms with Crippen LogP contribution in [0.1, 0.15) is 35.4 Å². The van der Waals surface area contributed by atoms with Crippen molar-refractivity contribution in [2.24, 2.45) is 0 Å². The first kappa shape index (κ1) is 19.8. The number of methoxy groups -OCH3 is 1. The van der Waals surface area contributed by atoms with Crippen molar-refractivity contribution in [3.63, 3.8) is 0 Å². The van der Waals surface area contributed by atoms with E-state index in [1.807, 2.05) is 0 Å². The van der Waals surface area contributed by atoms with Crippen molar-refractivity contribution in [3.8, 4) is 6.07 Å². The molecule has 0 bridgehead atoms. The summed E-state index contributed by atoms with van der Waals surface area (Å²) in [6, 6.07) is 10.8. The molecule has 1 N–H and O–H groups in total. The summed E-state index contributed by atoms with van der Waals surface area (Å²) in [6.07, 6.45) is 1.58. The summed E-state index contributed by atoms with van der Waals surface area (Å²) in [6.45, 7) is 1.32. The molecule has 1 unspecified atom stereocenters. The lowest BCUT2D eigenvalue weighted by Crippen LogP contribution is -2.41. The highest BCUT2D eigenvalue weighted by molar-refractivity contribution is 5.89. The van der Waals surface area contributed by atoms with Gasteiger partial charge in [-0.15, -0.1) is 0 Å². The lowest BCUT2D eigenvalue weighted by Gasteiger charge is -2.33. The van der Waals surface area contributed by atoms with Crippen molar-refractivity contribution in [1.82, 2.24) is 4.90 Å². The molecule has 1 heterocycles. The standard InChI is InChI=1S/C21H21F2N3O2/c1-28-13-16-4-6-18(9-17(16)11-24)25-21(27)26-8-2-3-15(12-26)14-5-7-19(22)20(23)10-14/h4-7,9-10,15H,2-3,8,12-13H2,1H3,(H,25,27). The number of carbonyl (C=O) groups excluding carboxylic acids is 1. The van der Waals surface area contributed by atoms with E-state index in [2.05, 4.69) is 11.4 Å². The van der Waals surface area contributed by atoms with Gasteiger partial charge in [0, 0.05) is 31.8 Å². The van der Waals surface area contributed by atoms with Crippen LogP contribution in [0.15, 0.2) is 36.4 Å². The van der Waals surface area contributed by atoms with Crippen LogP contribution in [0.3, 0.4) is 0 Å². The highest BCUT2D eigenvalue weighted by atomic mass is 19.2. The number of benzene rings is 2. The highest BCUT2D eigenvalue weighted by Gasteiger charge is 2.25. The lowest BCUT2D eigenvalue weighted by atomic mass is 9.90. The van der Waals surface area contributed by atoms with Gasteiger partial charge in [0.05, 0.1) is 18.2 Å². The van der Waals surface area contributed by atoms with Gasteiger partial charge in [-0.2, -0.15) is 5.26 Å². The molecule has 0 spiro atoms. The second-order valence-electron chi connectivity index (χ2n) is 6.81. The first-order valence-electron chi connectivity index (χ1n) is 9.04. The van der Waals surface area contributed by atoms with Gasteiger partial charge in [0.15, 0.2) is 11.6 Å². The van der Waals surface area contributed by atoms with Crippen LogP contribution in [-0.4, -0.2) is 31.1 Å². The number of anilines is 1. The van der Waals surface area contributed by atoms with Crippen molar-refractivity contribution in [3.05, 3.63) is 64.7 Å². The Bertz CT molecular complexity index is 911. The molecule has 7 heteroatoms. The number of piperidine rings is 1. The molecular formula is C21H21F2N3O2. The molecule has 0 radical (unpaired) electrons. The Balaban J connectivity index is 1.69. The van der Waals surface area contributed by atoms with Crippen LogP contribution in [0.5, 0.6) is 0 Å². The molecule has 146 valence electrons. The molecule has 2 aromatic rings. The molecule has 1 saturated heterocycles. The number of nitriles is 1. The van der Waals surface area contributed by atoms with E-state index >= 15 is 0 Å². The maximum Gasteiger partial charge on any atom is 0.321 e. The van der Waals surface area contributed by atoms with Gasteiger partial charge in [-0.25, -0.2) is 13.6 Å². The maximum absolute atomic E-state index is 13.5. The third-order valence-electron chi connectivity index (χ3n) is 4.91. The molecule has 3 rings (SSSR count). The average Bonchev–Trinajstić information content (AvgIpc) is 2.71. The van der Waals surface area contributed by atoms with Crippen LogP contribution >= 0.6 is 0 Å². The monoisotopic (exact) mass is 385 g/mol. The number of nitrogens with zero attached hydrogens (tertiary/aromatic N) is 2. The minimum Gasteiger partial charge on any atom is -0.380 e. The smallest absolute Gasteiger partial charge is 0.321 e. The summed E-state index contributed by atoms with van der Waals surface area (Å²) in [7, 11) is 1.55. The van der Waals surface area contributed by atoms with Crippen LogP contribution in [0.4, 0.5) is 19.3 Å². The maximum atomic E-state index is 13.5. The van der Waals surface area contributed by atoms with Gasteiger partial charge in [0.25, 0.3) is 0 Å². The van der Waals surface area contributed by atoms with Gasteiger partial charge >= 0.3 is 6.03 Å². The molecule has 0 aromatic heterocycles. The van der Waals surface area contributed by atoms with E-state index < -0.39 is 11.6 Å². The number of amides is 2. The molecule has 2 aromatic carbocycles. The quantitative estimate of drug-likeness (QED) is 0.849. The second-order valence-corrected chi connectivity index (χ2v) is 6.81. The van der Waals surface area contributed by atoms with E-state index in [-0.39, 0.29) is 11.9 Å². The van der Waals surface area contributed by atoms with E-state index in [0.29, 0.717) is 36.5 Å². The average molecular weight is 385 g/mol. The van der Waals surface area contributed by atoms with Crippen molar-refractivity contribution >= 4 is 11.7 Å². The predicted molar refractivity (Wildman–Crippen MR) is 101 cm³/mol. The van der Waals surface area contributed by atoms with Crippen molar-refractivity contribution < 1.29 is 18.3 Å². The van der Waals surface area contributed by atoms with Crippen LogP contribution in [0.2, 0.25) is 0 Å². The molecule has 2 amide bonds. The fourth-order valence-electron chi connectivity index (χ4n) is 3.44. The number of halogens is 2. The number of rotatable bonds is 4. The Kier molecular flexibility index (Phi) is 6.22. The molecule has 1 fully saturated rings. The number of hydrogen-bond acceptors (Lipinski definition) is 3. The number of likely N-dealkylation sites (tertiary alicyclic amines) is 1. The zero-order valence-corrected chi connectivity index (χ0v) is 15.5. The molecule has 0 saturated carbocycles. The zero-order valence-electron chi connectivity index (χ0n) is 15.5. The van der Waals surface area contributed by atoms with Crippen LogP contribution < -0.4 is 5.32 Å². The van der Waals surface area contributed by atoms with Crippen LogP contribution in [0.25, 0.3) is 0 Å². The summed E-state index contributed by atoms with van der Waals surface area (Å²) < 4.78 is 31.8. The van der Waals surface area contributed by atoms with E-state index in [4.69, 9.17) is 4.74 Å².